The number of nitrogens with zero attached hydrogens (tertiary/aromatic N) is 1. The number of benzene rings is 1. The maximum Gasteiger partial charge on any atom is 0.326 e. The Labute approximate surface area is 115 Å². The van der Waals surface area contributed by atoms with Crippen LogP contribution in [-0.4, -0.2) is 35.0 Å². The van der Waals surface area contributed by atoms with Gasteiger partial charge in [0.25, 0.3) is 5.91 Å². The van der Waals surface area contributed by atoms with Gasteiger partial charge in [0.1, 0.15) is 6.04 Å². The first-order valence-corrected chi connectivity index (χ1v) is 7.00. The molecule has 0 saturated heterocycles. The van der Waals surface area contributed by atoms with Crippen LogP contribution in [0.4, 0.5) is 0 Å². The second kappa shape index (κ2) is 7.44. The monoisotopic (exact) mass is 278 g/mol. The van der Waals surface area contributed by atoms with E-state index in [9.17, 15) is 9.59 Å². The molecule has 19 heavy (non-hydrogen) atoms. The average molecular weight is 278 g/mol. The first-order chi connectivity index (χ1) is 9.08. The summed E-state index contributed by atoms with van der Waals surface area (Å²) in [6.07, 6.45) is 2.25. The van der Waals surface area contributed by atoms with Crippen LogP contribution in [0.25, 0.3) is 0 Å². The fourth-order valence-electron chi connectivity index (χ4n) is 1.43. The van der Waals surface area contributed by atoms with Crippen molar-refractivity contribution in [2.75, 3.05) is 12.0 Å². The molecule has 1 aromatic carbocycles. The van der Waals surface area contributed by atoms with E-state index in [1.807, 2.05) is 12.3 Å². The molecule has 5 nitrogen and oxygen atoms in total. The number of nitriles is 1. The maximum absolute atomic E-state index is 11.9. The summed E-state index contributed by atoms with van der Waals surface area (Å²) in [5, 5.41) is 20.1. The van der Waals surface area contributed by atoms with Gasteiger partial charge in [-0.2, -0.15) is 17.0 Å². The number of aliphatic carboxylic acids is 1. The minimum atomic E-state index is -1.05. The predicted octanol–water partition coefficient (Wildman–Crippen LogP) is 1.49. The molecule has 1 atom stereocenters. The third-order valence-corrected chi connectivity index (χ3v) is 3.13. The summed E-state index contributed by atoms with van der Waals surface area (Å²) >= 11 is 1.52. The third kappa shape index (κ3) is 4.64. The van der Waals surface area contributed by atoms with Crippen LogP contribution >= 0.6 is 11.8 Å². The number of hydrogen-bond acceptors (Lipinski definition) is 4. The standard InChI is InChI=1S/C13H14N2O3S/c1-19-7-6-11(13(17)18)15-12(16)10-4-2-9(8-14)3-5-10/h2-5,11H,6-7H2,1H3,(H,15,16)(H,17,18). The van der Waals surface area contributed by atoms with Crippen molar-refractivity contribution in [3.63, 3.8) is 0 Å². The predicted molar refractivity (Wildman–Crippen MR) is 73.0 cm³/mol. The Morgan fingerprint density at radius 1 is 1.42 bits per heavy atom. The minimum Gasteiger partial charge on any atom is -0.480 e. The van der Waals surface area contributed by atoms with Crippen LogP contribution in [0.15, 0.2) is 24.3 Å². The number of rotatable bonds is 6. The van der Waals surface area contributed by atoms with Gasteiger partial charge in [0.05, 0.1) is 11.6 Å². The topological polar surface area (TPSA) is 90.2 Å². The molecule has 0 heterocycles. The normalized spacial score (nSPS) is 11.4. The molecule has 0 aromatic heterocycles. The molecule has 0 radical (unpaired) electrons. The number of carbonyl (C=O) groups excluding carboxylic acids is 1. The molecule has 0 aliphatic carbocycles. The molecule has 1 unspecified atom stereocenters. The number of nitrogens with one attached hydrogen (secondary N) is 1. The lowest BCUT2D eigenvalue weighted by Crippen LogP contribution is -2.41. The summed E-state index contributed by atoms with van der Waals surface area (Å²) < 4.78 is 0. The highest BCUT2D eigenvalue weighted by Gasteiger charge is 2.19. The molecule has 1 amide bonds. The molecule has 0 fully saturated rings. The quantitative estimate of drug-likeness (QED) is 0.823. The van der Waals surface area contributed by atoms with Crippen molar-refractivity contribution in [3.05, 3.63) is 35.4 Å². The number of hydrogen-bond donors (Lipinski definition) is 2. The van der Waals surface area contributed by atoms with Crippen LogP contribution in [0.2, 0.25) is 0 Å². The van der Waals surface area contributed by atoms with Crippen LogP contribution in [0.3, 0.4) is 0 Å². The molecule has 1 rings (SSSR count). The van der Waals surface area contributed by atoms with Crippen molar-refractivity contribution < 1.29 is 14.7 Å². The summed E-state index contributed by atoms with van der Waals surface area (Å²) in [7, 11) is 0. The Bertz CT molecular complexity index is 494. The highest BCUT2D eigenvalue weighted by molar-refractivity contribution is 7.98. The van der Waals surface area contributed by atoms with Crippen molar-refractivity contribution in [2.24, 2.45) is 0 Å². The Kier molecular flexibility index (Phi) is 5.90. The molecular formula is C13H14N2O3S. The van der Waals surface area contributed by atoms with Crippen molar-refractivity contribution in [1.29, 1.82) is 5.26 Å². The van der Waals surface area contributed by atoms with Crippen molar-refractivity contribution in [3.8, 4) is 6.07 Å². The lowest BCUT2D eigenvalue weighted by molar-refractivity contribution is -0.139. The van der Waals surface area contributed by atoms with E-state index in [0.717, 1.165) is 0 Å². The van der Waals surface area contributed by atoms with E-state index in [1.165, 1.54) is 36.0 Å². The number of carboxylic acids is 1. The Hall–Kier alpha value is -2.00. The van der Waals surface area contributed by atoms with Crippen LogP contribution in [0.1, 0.15) is 22.3 Å². The van der Waals surface area contributed by atoms with Gasteiger partial charge in [0.15, 0.2) is 0 Å². The highest BCUT2D eigenvalue weighted by atomic mass is 32.2. The molecule has 1 aromatic rings. The fraction of sp³-hybridized carbons (Fsp3) is 0.308. The van der Waals surface area contributed by atoms with Gasteiger partial charge >= 0.3 is 5.97 Å². The molecule has 0 spiro atoms. The van der Waals surface area contributed by atoms with Crippen molar-refractivity contribution in [1.82, 2.24) is 5.32 Å². The van der Waals surface area contributed by atoms with E-state index in [2.05, 4.69) is 5.32 Å². The molecule has 0 bridgehead atoms. The minimum absolute atomic E-state index is 0.342. The Morgan fingerprint density at radius 2 is 2.05 bits per heavy atom. The molecule has 0 saturated carbocycles. The largest absolute Gasteiger partial charge is 0.480 e. The number of amides is 1. The van der Waals surface area contributed by atoms with E-state index in [-0.39, 0.29) is 0 Å². The summed E-state index contributed by atoms with van der Waals surface area (Å²) in [4.78, 5) is 22.9. The summed E-state index contributed by atoms with van der Waals surface area (Å²) in [5.41, 5.74) is 0.795. The van der Waals surface area contributed by atoms with E-state index >= 15 is 0 Å². The van der Waals surface area contributed by atoms with Crippen molar-refractivity contribution in [2.45, 2.75) is 12.5 Å². The van der Waals surface area contributed by atoms with Gasteiger partial charge in [0, 0.05) is 5.56 Å². The van der Waals surface area contributed by atoms with Gasteiger partial charge in [-0.15, -0.1) is 0 Å². The van der Waals surface area contributed by atoms with E-state index < -0.39 is 17.9 Å². The number of thioether (sulfide) groups is 1. The first kappa shape index (κ1) is 15.1. The molecule has 2 N–H and O–H groups in total. The molecule has 6 heteroatoms. The summed E-state index contributed by atoms with van der Waals surface area (Å²) in [6.45, 7) is 0. The molecule has 100 valence electrons. The SMILES string of the molecule is CSCCC(NC(=O)c1ccc(C#N)cc1)C(=O)O. The Balaban J connectivity index is 2.70. The zero-order valence-corrected chi connectivity index (χ0v) is 11.2. The van der Waals surface area contributed by atoms with E-state index in [4.69, 9.17) is 10.4 Å². The lowest BCUT2D eigenvalue weighted by atomic mass is 10.1. The molecular weight excluding hydrogens is 264 g/mol. The lowest BCUT2D eigenvalue weighted by Gasteiger charge is -2.13. The van der Waals surface area contributed by atoms with Gasteiger partial charge < -0.3 is 10.4 Å². The van der Waals surface area contributed by atoms with Crippen LogP contribution in [0.5, 0.6) is 0 Å². The Morgan fingerprint density at radius 3 is 2.53 bits per heavy atom. The van der Waals surface area contributed by atoms with E-state index in [0.29, 0.717) is 23.3 Å². The van der Waals surface area contributed by atoms with Crippen LogP contribution in [0, 0.1) is 11.3 Å². The first-order valence-electron chi connectivity index (χ1n) is 5.61. The number of carboxylic acid groups (broad SMARTS) is 1. The average Bonchev–Trinajstić information content (AvgIpc) is 2.43. The zero-order chi connectivity index (χ0) is 14.3. The fourth-order valence-corrected chi connectivity index (χ4v) is 1.90. The molecule has 0 aliphatic heterocycles. The third-order valence-electron chi connectivity index (χ3n) is 2.49. The number of carbonyl (C=O) groups is 2. The maximum atomic E-state index is 11.9. The van der Waals surface area contributed by atoms with Crippen molar-refractivity contribution >= 4 is 23.6 Å². The van der Waals surface area contributed by atoms with Gasteiger partial charge in [-0.05, 0) is 42.7 Å². The second-order valence-corrected chi connectivity index (χ2v) is 4.82. The smallest absolute Gasteiger partial charge is 0.326 e. The summed E-state index contributed by atoms with van der Waals surface area (Å²) in [6, 6.07) is 7.10. The second-order valence-electron chi connectivity index (χ2n) is 3.83. The van der Waals surface area contributed by atoms with Crippen LogP contribution in [-0.2, 0) is 4.79 Å². The van der Waals surface area contributed by atoms with E-state index in [1.54, 1.807) is 0 Å². The van der Waals surface area contributed by atoms with Gasteiger partial charge in [-0.25, -0.2) is 4.79 Å². The van der Waals surface area contributed by atoms with Crippen LogP contribution < -0.4 is 5.32 Å². The zero-order valence-electron chi connectivity index (χ0n) is 10.4. The van der Waals surface area contributed by atoms with Gasteiger partial charge in [0.2, 0.25) is 0 Å². The molecule has 0 aliphatic rings. The van der Waals surface area contributed by atoms with Gasteiger partial charge in [-0.3, -0.25) is 4.79 Å². The van der Waals surface area contributed by atoms with Gasteiger partial charge in [-0.1, -0.05) is 0 Å². The highest BCUT2D eigenvalue weighted by Crippen LogP contribution is 2.06. The summed E-state index contributed by atoms with van der Waals surface area (Å²) in [5.74, 6) is -0.834.